The lowest BCUT2D eigenvalue weighted by atomic mass is 9.98. The van der Waals surface area contributed by atoms with E-state index < -0.39 is 0 Å². The third-order valence-electron chi connectivity index (χ3n) is 4.68. The molecule has 4 rings (SSSR count). The summed E-state index contributed by atoms with van der Waals surface area (Å²) in [5, 5.41) is 3.06. The molecule has 0 bridgehead atoms. The lowest BCUT2D eigenvalue weighted by molar-refractivity contribution is -0.123. The van der Waals surface area contributed by atoms with Crippen LogP contribution in [0.3, 0.4) is 0 Å². The van der Waals surface area contributed by atoms with Gasteiger partial charge in [0.05, 0.1) is 29.8 Å². The van der Waals surface area contributed by atoms with Gasteiger partial charge in [-0.05, 0) is 30.9 Å². The molecule has 0 spiro atoms. The number of hydrogen-bond acceptors (Lipinski definition) is 3. The summed E-state index contributed by atoms with van der Waals surface area (Å²) in [6.45, 7) is 3.45. The molecule has 128 valence electrons. The van der Waals surface area contributed by atoms with Gasteiger partial charge in [-0.25, -0.2) is 9.97 Å². The fourth-order valence-electron chi connectivity index (χ4n) is 3.39. The van der Waals surface area contributed by atoms with Gasteiger partial charge in [0.15, 0.2) is 0 Å². The maximum atomic E-state index is 12.6. The zero-order valence-electron chi connectivity index (χ0n) is 14.2. The summed E-state index contributed by atoms with van der Waals surface area (Å²) in [6.07, 6.45) is 7.37. The molecule has 3 heterocycles. The van der Waals surface area contributed by atoms with Crippen LogP contribution in [0.4, 0.5) is 0 Å². The van der Waals surface area contributed by atoms with Crippen LogP contribution in [0.2, 0.25) is 0 Å². The van der Waals surface area contributed by atoms with E-state index in [-0.39, 0.29) is 11.8 Å². The second-order valence-corrected chi connectivity index (χ2v) is 6.51. The summed E-state index contributed by atoms with van der Waals surface area (Å²) < 4.78 is 2.11. The molecule has 2 N–H and O–H groups in total. The molecule has 0 aliphatic carbocycles. The number of aromatic amines is 1. The molecule has 25 heavy (non-hydrogen) atoms. The largest absolute Gasteiger partial charge is 0.351 e. The monoisotopic (exact) mass is 335 g/mol. The van der Waals surface area contributed by atoms with E-state index in [1.54, 1.807) is 12.5 Å². The predicted molar refractivity (Wildman–Crippen MR) is 94.8 cm³/mol. The summed E-state index contributed by atoms with van der Waals surface area (Å²) in [4.78, 5) is 24.3. The zero-order valence-corrected chi connectivity index (χ0v) is 14.2. The first-order valence-electron chi connectivity index (χ1n) is 8.60. The lowest BCUT2D eigenvalue weighted by Gasteiger charge is -2.22. The van der Waals surface area contributed by atoms with Gasteiger partial charge in [0.2, 0.25) is 5.91 Å². The maximum absolute atomic E-state index is 12.6. The van der Waals surface area contributed by atoms with E-state index in [1.807, 2.05) is 37.4 Å². The van der Waals surface area contributed by atoms with Crippen LogP contribution in [0.5, 0.6) is 0 Å². The second-order valence-electron chi connectivity index (χ2n) is 6.51. The van der Waals surface area contributed by atoms with E-state index in [0.717, 1.165) is 47.7 Å². The SMILES string of the molecule is Cc1cn2c(n1)C(C(=O)NCc1ccc(-c3cnc[nH]3)cc1)CCC2. The van der Waals surface area contributed by atoms with E-state index in [9.17, 15) is 4.79 Å². The van der Waals surface area contributed by atoms with Crippen LogP contribution < -0.4 is 5.32 Å². The standard InChI is InChI=1S/C19H21N5O/c1-13-11-24-8-2-3-16(18(24)23-13)19(25)21-9-14-4-6-15(7-5-14)17-10-20-12-22-17/h4-7,10-12,16H,2-3,8-9H2,1H3,(H,20,22)(H,21,25). The first-order valence-corrected chi connectivity index (χ1v) is 8.60. The molecule has 6 nitrogen and oxygen atoms in total. The Balaban J connectivity index is 1.41. The molecule has 1 amide bonds. The number of nitrogens with zero attached hydrogens (tertiary/aromatic N) is 3. The fourth-order valence-corrected chi connectivity index (χ4v) is 3.39. The summed E-state index contributed by atoms with van der Waals surface area (Å²) in [7, 11) is 0. The van der Waals surface area contributed by atoms with Gasteiger partial charge in [0, 0.05) is 19.3 Å². The molecule has 3 aromatic rings. The highest BCUT2D eigenvalue weighted by atomic mass is 16.1. The van der Waals surface area contributed by atoms with Crippen molar-refractivity contribution in [1.82, 2.24) is 24.8 Å². The molecule has 0 saturated heterocycles. The van der Waals surface area contributed by atoms with Crippen molar-refractivity contribution in [3.63, 3.8) is 0 Å². The first-order chi connectivity index (χ1) is 12.2. The van der Waals surface area contributed by atoms with Gasteiger partial charge in [-0.1, -0.05) is 24.3 Å². The molecule has 1 unspecified atom stereocenters. The molecule has 0 fully saturated rings. The molecule has 6 heteroatoms. The van der Waals surface area contributed by atoms with Crippen LogP contribution in [-0.4, -0.2) is 25.4 Å². The molecule has 1 atom stereocenters. The highest BCUT2D eigenvalue weighted by molar-refractivity contribution is 5.83. The lowest BCUT2D eigenvalue weighted by Crippen LogP contribution is -2.32. The van der Waals surface area contributed by atoms with Crippen LogP contribution in [0.25, 0.3) is 11.3 Å². The number of aromatic nitrogens is 4. The summed E-state index contributed by atoms with van der Waals surface area (Å²) in [6, 6.07) is 8.13. The molecule has 1 aliphatic rings. The highest BCUT2D eigenvalue weighted by Crippen LogP contribution is 2.27. The van der Waals surface area contributed by atoms with E-state index in [1.165, 1.54) is 0 Å². The van der Waals surface area contributed by atoms with E-state index in [2.05, 4.69) is 24.8 Å². The Bertz CT molecular complexity index is 864. The van der Waals surface area contributed by atoms with E-state index in [0.29, 0.717) is 6.54 Å². The minimum Gasteiger partial charge on any atom is -0.351 e. The van der Waals surface area contributed by atoms with Crippen LogP contribution in [0.15, 0.2) is 43.0 Å². The number of rotatable bonds is 4. The molecule has 1 aliphatic heterocycles. The van der Waals surface area contributed by atoms with Crippen molar-refractivity contribution in [1.29, 1.82) is 0 Å². The van der Waals surface area contributed by atoms with Gasteiger partial charge in [-0.2, -0.15) is 0 Å². The van der Waals surface area contributed by atoms with Gasteiger partial charge in [-0.3, -0.25) is 4.79 Å². The first kappa shape index (κ1) is 15.6. The number of nitrogens with one attached hydrogen (secondary N) is 2. The van der Waals surface area contributed by atoms with Crippen molar-refractivity contribution in [2.24, 2.45) is 0 Å². The minimum atomic E-state index is -0.147. The number of amides is 1. The Kier molecular flexibility index (Phi) is 4.09. The topological polar surface area (TPSA) is 75.6 Å². The molecule has 0 saturated carbocycles. The van der Waals surface area contributed by atoms with Crippen molar-refractivity contribution in [3.05, 3.63) is 60.1 Å². The fraction of sp³-hybridized carbons (Fsp3) is 0.316. The van der Waals surface area contributed by atoms with Crippen molar-refractivity contribution < 1.29 is 4.79 Å². The van der Waals surface area contributed by atoms with Crippen LogP contribution in [0.1, 0.15) is 35.8 Å². The van der Waals surface area contributed by atoms with E-state index >= 15 is 0 Å². The quantitative estimate of drug-likeness (QED) is 0.770. The van der Waals surface area contributed by atoms with Crippen LogP contribution in [0, 0.1) is 6.92 Å². The normalized spacial score (nSPS) is 16.4. The van der Waals surface area contributed by atoms with Gasteiger partial charge < -0.3 is 14.9 Å². The van der Waals surface area contributed by atoms with E-state index in [4.69, 9.17) is 0 Å². The average Bonchev–Trinajstić information content (AvgIpc) is 3.28. The molecule has 0 radical (unpaired) electrons. The van der Waals surface area contributed by atoms with Gasteiger partial charge in [-0.15, -0.1) is 0 Å². The summed E-state index contributed by atoms with van der Waals surface area (Å²) in [5.41, 5.74) is 4.12. The van der Waals surface area contributed by atoms with Crippen LogP contribution >= 0.6 is 0 Å². The van der Waals surface area contributed by atoms with Crippen molar-refractivity contribution >= 4 is 5.91 Å². The molecular weight excluding hydrogens is 314 g/mol. The van der Waals surface area contributed by atoms with Crippen molar-refractivity contribution in [2.45, 2.75) is 38.8 Å². The number of hydrogen-bond donors (Lipinski definition) is 2. The number of imidazole rings is 2. The predicted octanol–water partition coefficient (Wildman–Crippen LogP) is 2.78. The third-order valence-corrected chi connectivity index (χ3v) is 4.68. The second kappa shape index (κ2) is 6.55. The Labute approximate surface area is 146 Å². The number of H-pyrrole nitrogens is 1. The average molecular weight is 335 g/mol. The molecular formula is C19H21N5O. The Morgan fingerprint density at radius 3 is 2.96 bits per heavy atom. The van der Waals surface area contributed by atoms with Crippen molar-refractivity contribution in [2.75, 3.05) is 0 Å². The highest BCUT2D eigenvalue weighted by Gasteiger charge is 2.28. The summed E-state index contributed by atoms with van der Waals surface area (Å²) in [5.74, 6) is 0.812. The number of fused-ring (bicyclic) bond motifs is 1. The smallest absolute Gasteiger partial charge is 0.230 e. The van der Waals surface area contributed by atoms with Gasteiger partial charge >= 0.3 is 0 Å². The number of benzene rings is 1. The number of aryl methyl sites for hydroxylation is 2. The maximum Gasteiger partial charge on any atom is 0.230 e. The Morgan fingerprint density at radius 1 is 1.36 bits per heavy atom. The Hall–Kier alpha value is -2.89. The molecule has 2 aromatic heterocycles. The number of carbonyl (C=O) groups excluding carboxylic acids is 1. The minimum absolute atomic E-state index is 0.0594. The van der Waals surface area contributed by atoms with Crippen molar-refractivity contribution in [3.8, 4) is 11.3 Å². The van der Waals surface area contributed by atoms with Gasteiger partial charge in [0.1, 0.15) is 5.82 Å². The van der Waals surface area contributed by atoms with Gasteiger partial charge in [0.25, 0.3) is 0 Å². The number of carbonyl (C=O) groups is 1. The summed E-state index contributed by atoms with van der Waals surface area (Å²) >= 11 is 0. The molecule has 1 aromatic carbocycles. The Morgan fingerprint density at radius 2 is 2.20 bits per heavy atom. The van der Waals surface area contributed by atoms with Crippen LogP contribution in [-0.2, 0) is 17.9 Å². The zero-order chi connectivity index (χ0) is 17.2. The third kappa shape index (κ3) is 3.20.